The molecule has 0 aliphatic heterocycles. The maximum Gasteiger partial charge on any atom is 0.270 e. The number of benzene rings is 1. The first-order valence-corrected chi connectivity index (χ1v) is 4.72. The van der Waals surface area contributed by atoms with E-state index in [-0.39, 0.29) is 17.9 Å². The number of furan rings is 1. The third kappa shape index (κ3) is 1.79. The second-order valence-electron chi connectivity index (χ2n) is 3.58. The SMILES string of the molecule is CC(=O)Cc1cc([N+](=O)[O-])cc2ccoc12. The van der Waals surface area contributed by atoms with E-state index in [9.17, 15) is 14.9 Å². The molecule has 0 bridgehead atoms. The van der Waals surface area contributed by atoms with Crippen molar-refractivity contribution >= 4 is 22.4 Å². The van der Waals surface area contributed by atoms with E-state index in [2.05, 4.69) is 0 Å². The summed E-state index contributed by atoms with van der Waals surface area (Å²) in [7, 11) is 0. The molecule has 2 aromatic rings. The van der Waals surface area contributed by atoms with Crippen molar-refractivity contribution in [3.05, 3.63) is 40.1 Å². The van der Waals surface area contributed by atoms with Crippen LogP contribution in [0.15, 0.2) is 28.9 Å². The number of carbonyl (C=O) groups excluding carboxylic acids is 1. The van der Waals surface area contributed by atoms with E-state index in [4.69, 9.17) is 4.42 Å². The van der Waals surface area contributed by atoms with Crippen molar-refractivity contribution in [1.82, 2.24) is 0 Å². The highest BCUT2D eigenvalue weighted by atomic mass is 16.6. The zero-order chi connectivity index (χ0) is 11.7. The fourth-order valence-electron chi connectivity index (χ4n) is 1.64. The molecular weight excluding hydrogens is 210 g/mol. The first-order valence-electron chi connectivity index (χ1n) is 4.72. The number of Topliss-reactive ketones (excluding diaryl/α,β-unsaturated/α-hetero) is 1. The number of carbonyl (C=O) groups is 1. The molecule has 0 unspecified atom stereocenters. The highest BCUT2D eigenvalue weighted by molar-refractivity contribution is 5.88. The monoisotopic (exact) mass is 219 g/mol. The molecule has 1 aromatic heterocycles. The maximum atomic E-state index is 11.0. The lowest BCUT2D eigenvalue weighted by Crippen LogP contribution is -1.98. The van der Waals surface area contributed by atoms with Crippen molar-refractivity contribution in [2.75, 3.05) is 0 Å². The number of rotatable bonds is 3. The molecule has 0 aliphatic carbocycles. The normalized spacial score (nSPS) is 10.6. The summed E-state index contributed by atoms with van der Waals surface area (Å²) in [5.74, 6) is -0.0572. The molecule has 1 aromatic carbocycles. The minimum atomic E-state index is -0.476. The van der Waals surface area contributed by atoms with E-state index in [1.165, 1.54) is 25.3 Å². The summed E-state index contributed by atoms with van der Waals surface area (Å²) < 4.78 is 5.21. The molecule has 0 aliphatic rings. The molecule has 0 N–H and O–H groups in total. The smallest absolute Gasteiger partial charge is 0.270 e. The van der Waals surface area contributed by atoms with E-state index in [0.29, 0.717) is 16.5 Å². The zero-order valence-electron chi connectivity index (χ0n) is 8.60. The Morgan fingerprint density at radius 3 is 2.88 bits per heavy atom. The molecule has 0 fully saturated rings. The number of nitrogens with zero attached hydrogens (tertiary/aromatic N) is 1. The molecule has 0 amide bonds. The number of non-ortho nitro benzene ring substituents is 1. The standard InChI is InChI=1S/C11H9NO4/c1-7(13)4-9-6-10(12(14)15)5-8-2-3-16-11(8)9/h2-3,5-6H,4H2,1H3. The molecule has 16 heavy (non-hydrogen) atoms. The molecule has 0 saturated heterocycles. The van der Waals surface area contributed by atoms with Crippen LogP contribution in [0.25, 0.3) is 11.0 Å². The summed E-state index contributed by atoms with van der Waals surface area (Å²) in [6.07, 6.45) is 1.60. The average molecular weight is 219 g/mol. The van der Waals surface area contributed by atoms with Gasteiger partial charge in [0, 0.05) is 29.5 Å². The Morgan fingerprint density at radius 1 is 1.50 bits per heavy atom. The maximum absolute atomic E-state index is 11.0. The van der Waals surface area contributed by atoms with E-state index >= 15 is 0 Å². The fraction of sp³-hybridized carbons (Fsp3) is 0.182. The van der Waals surface area contributed by atoms with Crippen molar-refractivity contribution in [1.29, 1.82) is 0 Å². The molecule has 5 heteroatoms. The van der Waals surface area contributed by atoms with E-state index < -0.39 is 4.92 Å². The van der Waals surface area contributed by atoms with Crippen LogP contribution in [0, 0.1) is 10.1 Å². The number of fused-ring (bicyclic) bond motifs is 1. The number of nitro benzene ring substituents is 1. The van der Waals surface area contributed by atoms with Gasteiger partial charge in [-0.05, 0) is 13.0 Å². The Hall–Kier alpha value is -2.17. The highest BCUT2D eigenvalue weighted by Gasteiger charge is 2.14. The van der Waals surface area contributed by atoms with E-state index in [1.807, 2.05) is 0 Å². The minimum absolute atomic E-state index is 0.0230. The topological polar surface area (TPSA) is 73.3 Å². The summed E-state index contributed by atoms with van der Waals surface area (Å²) in [6, 6.07) is 4.46. The van der Waals surface area contributed by atoms with Gasteiger partial charge in [0.05, 0.1) is 11.2 Å². The van der Waals surface area contributed by atoms with E-state index in [1.54, 1.807) is 6.07 Å². The van der Waals surface area contributed by atoms with Gasteiger partial charge in [0.15, 0.2) is 0 Å². The van der Waals surface area contributed by atoms with Gasteiger partial charge in [-0.25, -0.2) is 0 Å². The van der Waals surface area contributed by atoms with Crippen molar-refractivity contribution < 1.29 is 14.1 Å². The summed E-state index contributed by atoms with van der Waals surface area (Å²) in [6.45, 7) is 1.44. The highest BCUT2D eigenvalue weighted by Crippen LogP contribution is 2.26. The average Bonchev–Trinajstić information content (AvgIpc) is 2.64. The number of hydrogen-bond acceptors (Lipinski definition) is 4. The van der Waals surface area contributed by atoms with Gasteiger partial charge in [-0.1, -0.05) is 0 Å². The van der Waals surface area contributed by atoms with Gasteiger partial charge in [0.2, 0.25) is 0 Å². The van der Waals surface area contributed by atoms with Crippen molar-refractivity contribution in [3.8, 4) is 0 Å². The molecule has 0 saturated carbocycles. The molecule has 0 radical (unpaired) electrons. The molecule has 2 rings (SSSR count). The zero-order valence-corrected chi connectivity index (χ0v) is 8.60. The molecule has 1 heterocycles. The third-order valence-corrected chi connectivity index (χ3v) is 2.26. The third-order valence-electron chi connectivity index (χ3n) is 2.26. The minimum Gasteiger partial charge on any atom is -0.464 e. The van der Waals surface area contributed by atoms with Crippen LogP contribution in [0.3, 0.4) is 0 Å². The molecule has 5 nitrogen and oxygen atoms in total. The Kier molecular flexibility index (Phi) is 2.44. The van der Waals surface area contributed by atoms with Crippen molar-refractivity contribution in [3.63, 3.8) is 0 Å². The molecular formula is C11H9NO4. The van der Waals surface area contributed by atoms with Crippen LogP contribution in [-0.4, -0.2) is 10.7 Å². The quantitative estimate of drug-likeness (QED) is 0.587. The van der Waals surface area contributed by atoms with E-state index in [0.717, 1.165) is 0 Å². The van der Waals surface area contributed by atoms with Crippen LogP contribution in [0.1, 0.15) is 12.5 Å². The Bertz CT molecular complexity index is 570. The lowest BCUT2D eigenvalue weighted by Gasteiger charge is -1.99. The summed E-state index contributed by atoms with van der Waals surface area (Å²) in [5.41, 5.74) is 1.08. The van der Waals surface area contributed by atoms with Crippen LogP contribution in [0.5, 0.6) is 0 Å². The number of hydrogen-bond donors (Lipinski definition) is 0. The first-order chi connectivity index (χ1) is 7.58. The van der Waals surface area contributed by atoms with Gasteiger partial charge in [-0.15, -0.1) is 0 Å². The summed E-state index contributed by atoms with van der Waals surface area (Å²) >= 11 is 0. The predicted molar refractivity (Wildman–Crippen MR) is 57.3 cm³/mol. The summed E-state index contributed by atoms with van der Waals surface area (Å²) in [5, 5.41) is 11.3. The van der Waals surface area contributed by atoms with Crippen molar-refractivity contribution in [2.45, 2.75) is 13.3 Å². The Morgan fingerprint density at radius 2 is 2.25 bits per heavy atom. The first kappa shape index (κ1) is 10.4. The lowest BCUT2D eigenvalue weighted by atomic mass is 10.1. The van der Waals surface area contributed by atoms with Crippen LogP contribution in [-0.2, 0) is 11.2 Å². The molecule has 0 atom stereocenters. The van der Waals surface area contributed by atoms with Crippen LogP contribution in [0.2, 0.25) is 0 Å². The fourth-order valence-corrected chi connectivity index (χ4v) is 1.64. The van der Waals surface area contributed by atoms with Gasteiger partial charge in [0.25, 0.3) is 5.69 Å². The number of ketones is 1. The largest absolute Gasteiger partial charge is 0.464 e. The van der Waals surface area contributed by atoms with Crippen LogP contribution >= 0.6 is 0 Å². The predicted octanol–water partition coefficient (Wildman–Crippen LogP) is 2.47. The lowest BCUT2D eigenvalue weighted by molar-refractivity contribution is -0.384. The van der Waals surface area contributed by atoms with Gasteiger partial charge < -0.3 is 4.42 Å². The van der Waals surface area contributed by atoms with Gasteiger partial charge in [-0.2, -0.15) is 0 Å². The summed E-state index contributed by atoms with van der Waals surface area (Å²) in [4.78, 5) is 21.3. The molecule has 82 valence electrons. The van der Waals surface area contributed by atoms with Gasteiger partial charge in [-0.3, -0.25) is 14.9 Å². The van der Waals surface area contributed by atoms with Crippen LogP contribution < -0.4 is 0 Å². The molecule has 0 spiro atoms. The second kappa shape index (κ2) is 3.77. The Balaban J connectivity index is 2.63. The van der Waals surface area contributed by atoms with Gasteiger partial charge >= 0.3 is 0 Å². The number of nitro groups is 1. The van der Waals surface area contributed by atoms with Crippen molar-refractivity contribution in [2.24, 2.45) is 0 Å². The Labute approximate surface area is 90.8 Å². The van der Waals surface area contributed by atoms with Gasteiger partial charge in [0.1, 0.15) is 11.4 Å². The van der Waals surface area contributed by atoms with Crippen LogP contribution in [0.4, 0.5) is 5.69 Å². The second-order valence-corrected chi connectivity index (χ2v) is 3.58.